The third-order valence-electron chi connectivity index (χ3n) is 5.55. The summed E-state index contributed by atoms with van der Waals surface area (Å²) in [6.07, 6.45) is 3.90. The van der Waals surface area contributed by atoms with Crippen molar-refractivity contribution in [2.45, 2.75) is 64.6 Å². The number of esters is 2. The van der Waals surface area contributed by atoms with Gasteiger partial charge < -0.3 is 14.6 Å². The lowest BCUT2D eigenvalue weighted by Crippen LogP contribution is -2.46. The van der Waals surface area contributed by atoms with Crippen LogP contribution in [-0.2, 0) is 19.1 Å². The average molecular weight is 298 g/mol. The van der Waals surface area contributed by atoms with E-state index in [4.69, 9.17) is 9.47 Å². The van der Waals surface area contributed by atoms with Gasteiger partial charge in [-0.15, -0.1) is 0 Å². The molecule has 2 aliphatic rings. The van der Waals surface area contributed by atoms with Crippen molar-refractivity contribution in [3.8, 4) is 0 Å². The molecule has 0 aliphatic heterocycles. The molecule has 21 heavy (non-hydrogen) atoms. The highest BCUT2D eigenvalue weighted by atomic mass is 16.5. The van der Waals surface area contributed by atoms with Crippen LogP contribution in [0, 0.1) is 17.3 Å². The molecule has 0 amide bonds. The highest BCUT2D eigenvalue weighted by molar-refractivity contribution is 5.69. The van der Waals surface area contributed by atoms with Gasteiger partial charge in [-0.1, -0.05) is 6.92 Å². The van der Waals surface area contributed by atoms with E-state index in [1.807, 2.05) is 0 Å². The van der Waals surface area contributed by atoms with E-state index in [-0.39, 0.29) is 35.5 Å². The zero-order valence-corrected chi connectivity index (χ0v) is 13.1. The van der Waals surface area contributed by atoms with Crippen molar-refractivity contribution in [3.63, 3.8) is 0 Å². The van der Waals surface area contributed by atoms with Gasteiger partial charge in [0.25, 0.3) is 0 Å². The van der Waals surface area contributed by atoms with Gasteiger partial charge in [0.15, 0.2) is 0 Å². The molecule has 0 aromatic rings. The van der Waals surface area contributed by atoms with E-state index >= 15 is 0 Å². The summed E-state index contributed by atoms with van der Waals surface area (Å²) in [7, 11) is 1.39. The molecule has 0 aromatic heterocycles. The Morgan fingerprint density at radius 3 is 2.62 bits per heavy atom. The smallest absolute Gasteiger partial charge is 0.305 e. The molecule has 0 saturated heterocycles. The van der Waals surface area contributed by atoms with Crippen LogP contribution in [0.3, 0.4) is 0 Å². The van der Waals surface area contributed by atoms with E-state index in [2.05, 4.69) is 6.92 Å². The predicted molar refractivity (Wildman–Crippen MR) is 76.4 cm³/mol. The van der Waals surface area contributed by atoms with E-state index in [0.29, 0.717) is 18.8 Å². The first-order valence-electron chi connectivity index (χ1n) is 7.80. The fraction of sp³-hybridized carbons (Fsp3) is 0.875. The molecule has 0 spiro atoms. The first-order valence-corrected chi connectivity index (χ1v) is 7.80. The van der Waals surface area contributed by atoms with E-state index < -0.39 is 0 Å². The molecule has 0 bridgehead atoms. The number of aliphatic hydroxyl groups is 1. The Bertz CT molecular complexity index is 407. The quantitative estimate of drug-likeness (QED) is 0.804. The Labute approximate surface area is 126 Å². The molecule has 0 aromatic carbocycles. The fourth-order valence-electron chi connectivity index (χ4n) is 4.36. The fourth-order valence-corrected chi connectivity index (χ4v) is 4.36. The van der Waals surface area contributed by atoms with Gasteiger partial charge in [-0.3, -0.25) is 9.59 Å². The second-order valence-corrected chi connectivity index (χ2v) is 6.67. The Morgan fingerprint density at radius 1 is 1.29 bits per heavy atom. The Kier molecular flexibility index (Phi) is 4.91. The molecular formula is C16H26O5. The van der Waals surface area contributed by atoms with Crippen molar-refractivity contribution in [2.24, 2.45) is 17.3 Å². The zero-order valence-electron chi connectivity index (χ0n) is 13.1. The molecule has 0 heterocycles. The highest BCUT2D eigenvalue weighted by Crippen LogP contribution is 2.56. The number of hydrogen-bond donors (Lipinski definition) is 1. The van der Waals surface area contributed by atoms with Crippen LogP contribution in [0.1, 0.15) is 52.4 Å². The van der Waals surface area contributed by atoms with Crippen LogP contribution in [0.2, 0.25) is 0 Å². The third kappa shape index (κ3) is 3.23. The monoisotopic (exact) mass is 298 g/mol. The number of rotatable bonds is 4. The van der Waals surface area contributed by atoms with E-state index in [9.17, 15) is 14.7 Å². The SMILES string of the molecule is COC(=O)CCC1C(OC(C)=O)CC[C@]2(C)C(O)CC[C@@H]12. The van der Waals surface area contributed by atoms with Crippen LogP contribution in [-0.4, -0.2) is 36.4 Å². The molecule has 2 saturated carbocycles. The van der Waals surface area contributed by atoms with E-state index in [0.717, 1.165) is 25.7 Å². The van der Waals surface area contributed by atoms with Gasteiger partial charge in [0.05, 0.1) is 13.2 Å². The maximum Gasteiger partial charge on any atom is 0.305 e. The average Bonchev–Trinajstić information content (AvgIpc) is 2.73. The molecular weight excluding hydrogens is 272 g/mol. The molecule has 5 nitrogen and oxygen atoms in total. The van der Waals surface area contributed by atoms with Crippen LogP contribution in [0.4, 0.5) is 0 Å². The number of aliphatic hydroxyl groups excluding tert-OH is 1. The van der Waals surface area contributed by atoms with E-state index in [1.54, 1.807) is 0 Å². The normalized spacial score (nSPS) is 38.7. The first kappa shape index (κ1) is 16.3. The van der Waals surface area contributed by atoms with Gasteiger partial charge in [-0.25, -0.2) is 0 Å². The lowest BCUT2D eigenvalue weighted by atomic mass is 9.61. The van der Waals surface area contributed by atoms with E-state index in [1.165, 1.54) is 14.0 Å². The Hall–Kier alpha value is -1.10. The molecule has 2 rings (SSSR count). The number of carbonyl (C=O) groups is 2. The summed E-state index contributed by atoms with van der Waals surface area (Å²) in [4.78, 5) is 22.8. The summed E-state index contributed by atoms with van der Waals surface area (Å²) in [5.74, 6) is -0.0771. The highest BCUT2D eigenvalue weighted by Gasteiger charge is 2.54. The van der Waals surface area contributed by atoms with Gasteiger partial charge in [-0.2, -0.15) is 0 Å². The second kappa shape index (κ2) is 6.34. The van der Waals surface area contributed by atoms with Crippen LogP contribution in [0.5, 0.6) is 0 Å². The van der Waals surface area contributed by atoms with Gasteiger partial charge in [0.1, 0.15) is 6.10 Å². The minimum absolute atomic E-state index is 0.114. The molecule has 0 radical (unpaired) electrons. The van der Waals surface area contributed by atoms with Gasteiger partial charge >= 0.3 is 11.9 Å². The summed E-state index contributed by atoms with van der Waals surface area (Å²) < 4.78 is 10.2. The summed E-state index contributed by atoms with van der Waals surface area (Å²) in [6, 6.07) is 0. The molecule has 5 heteroatoms. The summed E-state index contributed by atoms with van der Waals surface area (Å²) in [5.41, 5.74) is -0.114. The maximum absolute atomic E-state index is 11.4. The van der Waals surface area contributed by atoms with Crippen molar-refractivity contribution in [2.75, 3.05) is 7.11 Å². The minimum Gasteiger partial charge on any atom is -0.469 e. The third-order valence-corrected chi connectivity index (χ3v) is 5.55. The van der Waals surface area contributed by atoms with Crippen LogP contribution < -0.4 is 0 Å². The Balaban J connectivity index is 2.13. The second-order valence-electron chi connectivity index (χ2n) is 6.67. The molecule has 3 unspecified atom stereocenters. The standard InChI is InChI=1S/C16H26O5/c1-10(17)21-13-8-9-16(2)12(5-6-14(16)18)11(13)4-7-15(19)20-3/h11-14,18H,4-9H2,1-3H3/t11?,12-,13?,14?,16-/m0/s1. The topological polar surface area (TPSA) is 72.8 Å². The van der Waals surface area contributed by atoms with Crippen LogP contribution >= 0.6 is 0 Å². The number of fused-ring (bicyclic) bond motifs is 1. The van der Waals surface area contributed by atoms with Gasteiger partial charge in [-0.05, 0) is 49.4 Å². The summed E-state index contributed by atoms with van der Waals surface area (Å²) >= 11 is 0. The van der Waals surface area contributed by atoms with Gasteiger partial charge in [0, 0.05) is 13.3 Å². The zero-order chi connectivity index (χ0) is 15.6. The molecule has 120 valence electrons. The maximum atomic E-state index is 11.4. The molecule has 5 atom stereocenters. The predicted octanol–water partition coefficient (Wildman–Crippen LogP) is 2.06. The molecule has 1 N–H and O–H groups in total. The van der Waals surface area contributed by atoms with Crippen molar-refractivity contribution in [1.29, 1.82) is 0 Å². The minimum atomic E-state index is -0.290. The van der Waals surface area contributed by atoms with Crippen molar-refractivity contribution in [3.05, 3.63) is 0 Å². The summed E-state index contributed by atoms with van der Waals surface area (Å²) in [6.45, 7) is 3.55. The number of carbonyl (C=O) groups excluding carboxylic acids is 2. The van der Waals surface area contributed by atoms with Crippen molar-refractivity contribution >= 4 is 11.9 Å². The van der Waals surface area contributed by atoms with Crippen molar-refractivity contribution in [1.82, 2.24) is 0 Å². The molecule has 2 fully saturated rings. The number of hydrogen-bond acceptors (Lipinski definition) is 5. The number of ether oxygens (including phenoxy) is 2. The molecule has 2 aliphatic carbocycles. The first-order chi connectivity index (χ1) is 9.88. The van der Waals surface area contributed by atoms with Crippen LogP contribution in [0.15, 0.2) is 0 Å². The lowest BCUT2D eigenvalue weighted by molar-refractivity contribution is -0.159. The Morgan fingerprint density at radius 2 is 2.00 bits per heavy atom. The van der Waals surface area contributed by atoms with Crippen LogP contribution in [0.25, 0.3) is 0 Å². The lowest BCUT2D eigenvalue weighted by Gasteiger charge is -2.47. The summed E-state index contributed by atoms with van der Waals surface area (Å²) in [5, 5.41) is 10.3. The van der Waals surface area contributed by atoms with Crippen molar-refractivity contribution < 1.29 is 24.2 Å². The number of methoxy groups -OCH3 is 1. The largest absolute Gasteiger partial charge is 0.469 e. The van der Waals surface area contributed by atoms with Gasteiger partial charge in [0.2, 0.25) is 0 Å².